The summed E-state index contributed by atoms with van der Waals surface area (Å²) in [5.41, 5.74) is 3.08. The van der Waals surface area contributed by atoms with Crippen LogP contribution in [0.4, 0.5) is 5.13 Å². The van der Waals surface area contributed by atoms with Gasteiger partial charge in [0.05, 0.1) is 7.11 Å². The third-order valence-electron chi connectivity index (χ3n) is 2.25. The van der Waals surface area contributed by atoms with Crippen LogP contribution in [0.1, 0.15) is 15.9 Å². The highest BCUT2D eigenvalue weighted by atomic mass is 32.1. The lowest BCUT2D eigenvalue weighted by molar-refractivity contribution is 0.102. The number of hydrogen-bond acceptors (Lipinski definition) is 5. The molecule has 1 heterocycles. The van der Waals surface area contributed by atoms with E-state index >= 15 is 0 Å². The van der Waals surface area contributed by atoms with E-state index in [-0.39, 0.29) is 5.91 Å². The van der Waals surface area contributed by atoms with Gasteiger partial charge in [0.15, 0.2) is 0 Å². The second-order valence-corrected chi connectivity index (χ2v) is 4.22. The molecule has 0 fully saturated rings. The minimum Gasteiger partial charge on any atom is -0.496 e. The van der Waals surface area contributed by atoms with Gasteiger partial charge in [-0.05, 0) is 24.6 Å². The van der Waals surface area contributed by atoms with Crippen LogP contribution in [0.5, 0.6) is 5.75 Å². The summed E-state index contributed by atoms with van der Waals surface area (Å²) < 4.78 is 5.17. The Morgan fingerprint density at radius 2 is 2.29 bits per heavy atom. The molecule has 0 radical (unpaired) electrons. The van der Waals surface area contributed by atoms with Gasteiger partial charge < -0.3 is 4.74 Å². The van der Waals surface area contributed by atoms with E-state index in [4.69, 9.17) is 4.74 Å². The van der Waals surface area contributed by atoms with Gasteiger partial charge in [0.1, 0.15) is 11.3 Å². The molecule has 1 N–H and O–H groups in total. The van der Waals surface area contributed by atoms with Crippen molar-refractivity contribution >= 4 is 22.4 Å². The summed E-state index contributed by atoms with van der Waals surface area (Å²) in [6, 6.07) is 5.29. The second-order valence-electron chi connectivity index (χ2n) is 3.38. The standard InChI is InChI=1S/C11H11N3O2S/c1-7-3-4-8(5-9(7)16-2)10(15)13-11-14-12-6-17-11/h3-6H,1-2H3,(H,13,14,15). The number of carbonyl (C=O) groups is 1. The van der Waals surface area contributed by atoms with E-state index in [9.17, 15) is 4.79 Å². The molecule has 0 bridgehead atoms. The third kappa shape index (κ3) is 2.59. The summed E-state index contributed by atoms with van der Waals surface area (Å²) in [5, 5.41) is 10.5. The Kier molecular flexibility index (Phi) is 3.34. The van der Waals surface area contributed by atoms with Crippen molar-refractivity contribution in [3.63, 3.8) is 0 Å². The minimum absolute atomic E-state index is 0.222. The van der Waals surface area contributed by atoms with Crippen molar-refractivity contribution in [1.82, 2.24) is 10.2 Å². The fourth-order valence-electron chi connectivity index (χ4n) is 1.36. The van der Waals surface area contributed by atoms with Crippen LogP contribution in [-0.4, -0.2) is 23.2 Å². The van der Waals surface area contributed by atoms with Crippen molar-refractivity contribution in [3.8, 4) is 5.75 Å². The van der Waals surface area contributed by atoms with E-state index in [0.717, 1.165) is 5.56 Å². The number of aryl methyl sites for hydroxylation is 1. The van der Waals surface area contributed by atoms with Crippen LogP contribution in [0.15, 0.2) is 23.7 Å². The Balaban J connectivity index is 2.19. The molecular weight excluding hydrogens is 238 g/mol. The van der Waals surface area contributed by atoms with E-state index in [0.29, 0.717) is 16.4 Å². The highest BCUT2D eigenvalue weighted by Gasteiger charge is 2.10. The first-order valence-electron chi connectivity index (χ1n) is 4.93. The average Bonchev–Trinajstić information content (AvgIpc) is 2.82. The van der Waals surface area contributed by atoms with Crippen LogP contribution in [-0.2, 0) is 0 Å². The van der Waals surface area contributed by atoms with Crippen molar-refractivity contribution in [2.24, 2.45) is 0 Å². The summed E-state index contributed by atoms with van der Waals surface area (Å²) in [6.07, 6.45) is 0. The molecule has 0 spiro atoms. The zero-order valence-corrected chi connectivity index (χ0v) is 10.2. The number of carbonyl (C=O) groups excluding carboxylic acids is 1. The molecule has 0 saturated heterocycles. The number of anilines is 1. The molecule has 0 atom stereocenters. The maximum atomic E-state index is 11.9. The lowest BCUT2D eigenvalue weighted by Crippen LogP contribution is -2.12. The van der Waals surface area contributed by atoms with Gasteiger partial charge in [0.2, 0.25) is 5.13 Å². The number of benzene rings is 1. The van der Waals surface area contributed by atoms with E-state index in [2.05, 4.69) is 15.5 Å². The number of rotatable bonds is 3. The molecule has 1 aromatic heterocycles. The number of ether oxygens (including phenoxy) is 1. The molecule has 1 aromatic carbocycles. The van der Waals surface area contributed by atoms with E-state index in [1.165, 1.54) is 11.3 Å². The maximum Gasteiger partial charge on any atom is 0.257 e. The monoisotopic (exact) mass is 249 g/mol. The van der Waals surface area contributed by atoms with Gasteiger partial charge in [-0.2, -0.15) is 0 Å². The molecule has 0 aliphatic carbocycles. The normalized spacial score (nSPS) is 10.0. The Morgan fingerprint density at radius 3 is 2.94 bits per heavy atom. The Morgan fingerprint density at radius 1 is 1.47 bits per heavy atom. The summed E-state index contributed by atoms with van der Waals surface area (Å²) in [7, 11) is 1.58. The molecule has 0 aliphatic heterocycles. The predicted molar refractivity (Wildman–Crippen MR) is 65.6 cm³/mol. The molecule has 17 heavy (non-hydrogen) atoms. The zero-order valence-electron chi connectivity index (χ0n) is 9.43. The number of aromatic nitrogens is 2. The molecule has 2 rings (SSSR count). The Labute approximate surface area is 102 Å². The number of hydrogen-bond donors (Lipinski definition) is 1. The van der Waals surface area contributed by atoms with Crippen LogP contribution < -0.4 is 10.1 Å². The highest BCUT2D eigenvalue weighted by molar-refractivity contribution is 7.13. The average molecular weight is 249 g/mol. The van der Waals surface area contributed by atoms with Gasteiger partial charge in [-0.25, -0.2) is 0 Å². The van der Waals surface area contributed by atoms with E-state index < -0.39 is 0 Å². The van der Waals surface area contributed by atoms with Crippen LogP contribution in [0, 0.1) is 6.92 Å². The quantitative estimate of drug-likeness (QED) is 0.904. The van der Waals surface area contributed by atoms with Gasteiger partial charge in [-0.1, -0.05) is 17.4 Å². The van der Waals surface area contributed by atoms with E-state index in [1.54, 1.807) is 24.8 Å². The summed E-state index contributed by atoms with van der Waals surface area (Å²) >= 11 is 1.27. The summed E-state index contributed by atoms with van der Waals surface area (Å²) in [4.78, 5) is 11.9. The molecule has 0 aliphatic rings. The topological polar surface area (TPSA) is 64.1 Å². The number of methoxy groups -OCH3 is 1. The maximum absolute atomic E-state index is 11.9. The Hall–Kier alpha value is -1.95. The molecule has 5 nitrogen and oxygen atoms in total. The number of nitrogens with one attached hydrogen (secondary N) is 1. The lowest BCUT2D eigenvalue weighted by atomic mass is 10.1. The second kappa shape index (κ2) is 4.92. The van der Waals surface area contributed by atoms with Crippen molar-refractivity contribution in [2.45, 2.75) is 6.92 Å². The smallest absolute Gasteiger partial charge is 0.257 e. The molecular formula is C11H11N3O2S. The van der Waals surface area contributed by atoms with Gasteiger partial charge in [0.25, 0.3) is 5.91 Å². The zero-order chi connectivity index (χ0) is 12.3. The molecule has 6 heteroatoms. The summed E-state index contributed by atoms with van der Waals surface area (Å²) in [6.45, 7) is 1.92. The van der Waals surface area contributed by atoms with Crippen molar-refractivity contribution in [2.75, 3.05) is 12.4 Å². The van der Waals surface area contributed by atoms with Crippen molar-refractivity contribution < 1.29 is 9.53 Å². The first-order valence-corrected chi connectivity index (χ1v) is 5.81. The Bertz CT molecular complexity index is 526. The van der Waals surface area contributed by atoms with Crippen LogP contribution in [0.3, 0.4) is 0 Å². The van der Waals surface area contributed by atoms with Gasteiger partial charge in [-0.3, -0.25) is 10.1 Å². The fourth-order valence-corrected chi connectivity index (χ4v) is 1.80. The molecule has 0 unspecified atom stereocenters. The van der Waals surface area contributed by atoms with Gasteiger partial charge in [-0.15, -0.1) is 10.2 Å². The summed E-state index contributed by atoms with van der Waals surface area (Å²) in [5.74, 6) is 0.468. The molecule has 1 amide bonds. The highest BCUT2D eigenvalue weighted by Crippen LogP contribution is 2.20. The molecule has 2 aromatic rings. The largest absolute Gasteiger partial charge is 0.496 e. The van der Waals surface area contributed by atoms with Crippen molar-refractivity contribution in [3.05, 3.63) is 34.8 Å². The van der Waals surface area contributed by atoms with Crippen LogP contribution in [0.25, 0.3) is 0 Å². The first-order chi connectivity index (χ1) is 8.20. The van der Waals surface area contributed by atoms with Crippen LogP contribution >= 0.6 is 11.3 Å². The lowest BCUT2D eigenvalue weighted by Gasteiger charge is -2.06. The molecule has 88 valence electrons. The van der Waals surface area contributed by atoms with Crippen LogP contribution in [0.2, 0.25) is 0 Å². The van der Waals surface area contributed by atoms with Gasteiger partial charge in [0, 0.05) is 5.56 Å². The predicted octanol–water partition coefficient (Wildman–Crippen LogP) is 2.11. The first kappa shape index (κ1) is 11.5. The minimum atomic E-state index is -0.222. The SMILES string of the molecule is COc1cc(C(=O)Nc2nncs2)ccc1C. The van der Waals surface area contributed by atoms with Gasteiger partial charge >= 0.3 is 0 Å². The van der Waals surface area contributed by atoms with E-state index in [1.807, 2.05) is 13.0 Å². The number of nitrogens with zero attached hydrogens (tertiary/aromatic N) is 2. The third-order valence-corrected chi connectivity index (χ3v) is 2.86. The molecule has 0 saturated carbocycles. The number of amides is 1. The van der Waals surface area contributed by atoms with Crippen molar-refractivity contribution in [1.29, 1.82) is 0 Å². The fraction of sp³-hybridized carbons (Fsp3) is 0.182.